The van der Waals surface area contributed by atoms with E-state index >= 15 is 0 Å². The van der Waals surface area contributed by atoms with Gasteiger partial charge in [0.15, 0.2) is 0 Å². The van der Waals surface area contributed by atoms with Gasteiger partial charge in [0.05, 0.1) is 0 Å². The highest BCUT2D eigenvalue weighted by molar-refractivity contribution is 5.27. The molecule has 106 valence electrons. The number of aryl methyl sites for hydroxylation is 2. The van der Waals surface area contributed by atoms with Crippen LogP contribution >= 0.6 is 0 Å². The SMILES string of the molecule is CCNC(CCc1ccccc1)c1cc(C)ccc1F. The van der Waals surface area contributed by atoms with E-state index in [0.29, 0.717) is 0 Å². The molecule has 2 aromatic rings. The van der Waals surface area contributed by atoms with E-state index in [0.717, 1.165) is 30.5 Å². The van der Waals surface area contributed by atoms with Gasteiger partial charge in [-0.05, 0) is 37.9 Å². The van der Waals surface area contributed by atoms with Crippen LogP contribution in [0.2, 0.25) is 0 Å². The lowest BCUT2D eigenvalue weighted by Gasteiger charge is -2.19. The second-order valence-electron chi connectivity index (χ2n) is 5.16. The number of rotatable bonds is 6. The third-order valence-corrected chi connectivity index (χ3v) is 3.54. The normalized spacial score (nSPS) is 12.3. The minimum absolute atomic E-state index is 0.0695. The summed E-state index contributed by atoms with van der Waals surface area (Å²) in [5.74, 6) is -0.116. The fraction of sp³-hybridized carbons (Fsp3) is 0.333. The van der Waals surface area contributed by atoms with Crippen molar-refractivity contribution < 1.29 is 4.39 Å². The van der Waals surface area contributed by atoms with Gasteiger partial charge in [0.2, 0.25) is 0 Å². The van der Waals surface area contributed by atoms with E-state index in [-0.39, 0.29) is 11.9 Å². The largest absolute Gasteiger partial charge is 0.310 e. The average molecular weight is 271 g/mol. The van der Waals surface area contributed by atoms with E-state index in [2.05, 4.69) is 24.4 Å². The summed E-state index contributed by atoms with van der Waals surface area (Å²) in [5.41, 5.74) is 3.18. The number of benzene rings is 2. The van der Waals surface area contributed by atoms with Gasteiger partial charge >= 0.3 is 0 Å². The molecule has 0 spiro atoms. The van der Waals surface area contributed by atoms with E-state index in [9.17, 15) is 4.39 Å². The molecule has 0 aliphatic heterocycles. The Morgan fingerprint density at radius 3 is 2.55 bits per heavy atom. The molecule has 1 nitrogen and oxygen atoms in total. The summed E-state index contributed by atoms with van der Waals surface area (Å²) in [6, 6.07) is 15.8. The highest BCUT2D eigenvalue weighted by Crippen LogP contribution is 2.23. The third kappa shape index (κ3) is 3.91. The molecular formula is C18H22FN. The summed E-state index contributed by atoms with van der Waals surface area (Å²) in [6.45, 7) is 4.90. The molecular weight excluding hydrogens is 249 g/mol. The first-order chi connectivity index (χ1) is 9.70. The zero-order valence-electron chi connectivity index (χ0n) is 12.2. The van der Waals surface area contributed by atoms with Gasteiger partial charge in [0, 0.05) is 11.6 Å². The maximum absolute atomic E-state index is 14.0. The van der Waals surface area contributed by atoms with Crippen LogP contribution in [0, 0.1) is 12.7 Å². The van der Waals surface area contributed by atoms with Gasteiger partial charge in [0.1, 0.15) is 5.82 Å². The lowest BCUT2D eigenvalue weighted by molar-refractivity contribution is 0.485. The Morgan fingerprint density at radius 2 is 1.85 bits per heavy atom. The maximum Gasteiger partial charge on any atom is 0.127 e. The van der Waals surface area contributed by atoms with Crippen molar-refractivity contribution in [2.45, 2.75) is 32.7 Å². The number of halogens is 1. The zero-order chi connectivity index (χ0) is 14.4. The van der Waals surface area contributed by atoms with E-state index in [1.807, 2.05) is 37.3 Å². The van der Waals surface area contributed by atoms with Crippen LogP contribution in [-0.2, 0) is 6.42 Å². The first-order valence-corrected chi connectivity index (χ1v) is 7.24. The predicted octanol–water partition coefficient (Wildman–Crippen LogP) is 4.42. The summed E-state index contributed by atoms with van der Waals surface area (Å²) < 4.78 is 14.0. The van der Waals surface area contributed by atoms with Crippen LogP contribution in [0.4, 0.5) is 4.39 Å². The van der Waals surface area contributed by atoms with Crippen molar-refractivity contribution in [1.29, 1.82) is 0 Å². The summed E-state index contributed by atoms with van der Waals surface area (Å²) in [6.07, 6.45) is 1.85. The molecule has 2 aromatic carbocycles. The molecule has 0 aliphatic rings. The second kappa shape index (κ2) is 7.20. The number of hydrogen-bond acceptors (Lipinski definition) is 1. The van der Waals surface area contributed by atoms with Gasteiger partial charge in [-0.1, -0.05) is 55.0 Å². The Hall–Kier alpha value is -1.67. The molecule has 1 unspecified atom stereocenters. The van der Waals surface area contributed by atoms with Crippen LogP contribution in [0.1, 0.15) is 36.1 Å². The first kappa shape index (κ1) is 14.7. The van der Waals surface area contributed by atoms with Gasteiger partial charge < -0.3 is 5.32 Å². The smallest absolute Gasteiger partial charge is 0.127 e. The standard InChI is InChI=1S/C18H22FN/c1-3-20-18(12-10-15-7-5-4-6-8-15)16-13-14(2)9-11-17(16)19/h4-9,11,13,18,20H,3,10,12H2,1-2H3. The lowest BCUT2D eigenvalue weighted by atomic mass is 9.97. The molecule has 0 aromatic heterocycles. The summed E-state index contributed by atoms with van der Waals surface area (Å²) in [7, 11) is 0. The van der Waals surface area contributed by atoms with Crippen molar-refractivity contribution in [3.63, 3.8) is 0 Å². The molecule has 1 atom stereocenters. The third-order valence-electron chi connectivity index (χ3n) is 3.54. The van der Waals surface area contributed by atoms with Crippen LogP contribution in [0.15, 0.2) is 48.5 Å². The molecule has 0 heterocycles. The van der Waals surface area contributed by atoms with Gasteiger partial charge in [0.25, 0.3) is 0 Å². The van der Waals surface area contributed by atoms with Gasteiger partial charge in [-0.2, -0.15) is 0 Å². The summed E-state index contributed by atoms with van der Waals surface area (Å²) in [5, 5.41) is 3.40. The lowest BCUT2D eigenvalue weighted by Crippen LogP contribution is -2.22. The zero-order valence-corrected chi connectivity index (χ0v) is 12.2. The fourth-order valence-electron chi connectivity index (χ4n) is 2.50. The average Bonchev–Trinajstić information content (AvgIpc) is 2.47. The van der Waals surface area contributed by atoms with Crippen molar-refractivity contribution in [3.05, 3.63) is 71.0 Å². The minimum Gasteiger partial charge on any atom is -0.310 e. The van der Waals surface area contributed by atoms with Crippen LogP contribution in [0.25, 0.3) is 0 Å². The topological polar surface area (TPSA) is 12.0 Å². The molecule has 2 heteroatoms. The Kier molecular flexibility index (Phi) is 5.31. The molecule has 2 rings (SSSR count). The van der Waals surface area contributed by atoms with E-state index in [4.69, 9.17) is 0 Å². The summed E-state index contributed by atoms with van der Waals surface area (Å²) in [4.78, 5) is 0. The molecule has 1 N–H and O–H groups in total. The highest BCUT2D eigenvalue weighted by Gasteiger charge is 2.14. The quantitative estimate of drug-likeness (QED) is 0.820. The molecule has 20 heavy (non-hydrogen) atoms. The monoisotopic (exact) mass is 271 g/mol. The highest BCUT2D eigenvalue weighted by atomic mass is 19.1. The molecule has 0 aliphatic carbocycles. The fourth-order valence-corrected chi connectivity index (χ4v) is 2.50. The Labute approximate surface area is 120 Å². The van der Waals surface area contributed by atoms with Gasteiger partial charge in [-0.3, -0.25) is 0 Å². The van der Waals surface area contributed by atoms with Crippen molar-refractivity contribution in [3.8, 4) is 0 Å². The van der Waals surface area contributed by atoms with Crippen molar-refractivity contribution in [2.75, 3.05) is 6.54 Å². The molecule has 0 amide bonds. The van der Waals surface area contributed by atoms with E-state index in [1.54, 1.807) is 6.07 Å². The van der Waals surface area contributed by atoms with E-state index < -0.39 is 0 Å². The van der Waals surface area contributed by atoms with Gasteiger partial charge in [-0.15, -0.1) is 0 Å². The summed E-state index contributed by atoms with van der Waals surface area (Å²) >= 11 is 0. The first-order valence-electron chi connectivity index (χ1n) is 7.24. The molecule has 0 fully saturated rings. The van der Waals surface area contributed by atoms with Crippen molar-refractivity contribution in [2.24, 2.45) is 0 Å². The Morgan fingerprint density at radius 1 is 1.10 bits per heavy atom. The van der Waals surface area contributed by atoms with Crippen LogP contribution < -0.4 is 5.32 Å². The number of hydrogen-bond donors (Lipinski definition) is 1. The molecule has 0 bridgehead atoms. The molecule has 0 saturated heterocycles. The Bertz CT molecular complexity index is 536. The maximum atomic E-state index is 14.0. The van der Waals surface area contributed by atoms with E-state index in [1.165, 1.54) is 5.56 Å². The van der Waals surface area contributed by atoms with Gasteiger partial charge in [-0.25, -0.2) is 4.39 Å². The van der Waals surface area contributed by atoms with Crippen molar-refractivity contribution in [1.82, 2.24) is 5.32 Å². The number of nitrogens with one attached hydrogen (secondary N) is 1. The predicted molar refractivity (Wildman–Crippen MR) is 82.3 cm³/mol. The van der Waals surface area contributed by atoms with Crippen molar-refractivity contribution >= 4 is 0 Å². The second-order valence-corrected chi connectivity index (χ2v) is 5.16. The minimum atomic E-state index is -0.116. The molecule has 0 saturated carbocycles. The van der Waals surface area contributed by atoms with Crippen LogP contribution in [-0.4, -0.2) is 6.54 Å². The Balaban J connectivity index is 2.12. The van der Waals surface area contributed by atoms with Crippen LogP contribution in [0.3, 0.4) is 0 Å². The van der Waals surface area contributed by atoms with Crippen LogP contribution in [0.5, 0.6) is 0 Å². The molecule has 0 radical (unpaired) electrons.